The van der Waals surface area contributed by atoms with Crippen LogP contribution in [0.2, 0.25) is 5.02 Å². The number of methoxy groups -OCH3 is 2. The molecule has 0 spiro atoms. The Balaban J connectivity index is 1.77. The first-order valence-corrected chi connectivity index (χ1v) is 10.3. The molecule has 9 heteroatoms. The van der Waals surface area contributed by atoms with E-state index in [1.165, 1.54) is 11.7 Å². The van der Waals surface area contributed by atoms with Crippen molar-refractivity contribution in [3.8, 4) is 17.2 Å². The molecule has 32 heavy (non-hydrogen) atoms. The van der Waals surface area contributed by atoms with Crippen molar-refractivity contribution in [2.24, 2.45) is 0 Å². The molecule has 1 heterocycles. The highest BCUT2D eigenvalue weighted by Gasteiger charge is 2.15. The molecule has 0 aliphatic carbocycles. The third-order valence-corrected chi connectivity index (χ3v) is 5.39. The average molecular weight is 468 g/mol. The summed E-state index contributed by atoms with van der Waals surface area (Å²) in [4.78, 5) is 29.0. The van der Waals surface area contributed by atoms with Gasteiger partial charge in [0.25, 0.3) is 11.5 Å². The minimum absolute atomic E-state index is 0.165. The van der Waals surface area contributed by atoms with Gasteiger partial charge in [-0.05, 0) is 60.7 Å². The number of ether oxygens (including phenoxy) is 2. The summed E-state index contributed by atoms with van der Waals surface area (Å²) >= 11 is 11.4. The minimum Gasteiger partial charge on any atom is -0.497 e. The smallest absolute Gasteiger partial charge is 0.266 e. The minimum atomic E-state index is -0.339. The molecular weight excluding hydrogens is 450 g/mol. The number of rotatable bonds is 5. The number of nitrogens with one attached hydrogen (secondary N) is 2. The van der Waals surface area contributed by atoms with Crippen molar-refractivity contribution >= 4 is 46.3 Å². The topological polar surface area (TPSA) is 85.4 Å². The van der Waals surface area contributed by atoms with Gasteiger partial charge in [0.2, 0.25) is 0 Å². The molecule has 0 saturated heterocycles. The third kappa shape index (κ3) is 4.10. The zero-order valence-electron chi connectivity index (χ0n) is 17.1. The fourth-order valence-corrected chi connectivity index (χ4v) is 3.80. The maximum atomic E-state index is 13.3. The largest absolute Gasteiger partial charge is 0.497 e. The summed E-state index contributed by atoms with van der Waals surface area (Å²) in [5.41, 5.74) is 1.51. The molecule has 1 aromatic heterocycles. The zero-order chi connectivity index (χ0) is 22.8. The lowest BCUT2D eigenvalue weighted by Gasteiger charge is -2.13. The Morgan fingerprint density at radius 1 is 1.06 bits per heavy atom. The van der Waals surface area contributed by atoms with Gasteiger partial charge >= 0.3 is 0 Å². The van der Waals surface area contributed by atoms with Crippen LogP contribution >= 0.6 is 23.8 Å². The van der Waals surface area contributed by atoms with Gasteiger partial charge in [0, 0.05) is 22.3 Å². The van der Waals surface area contributed by atoms with Gasteiger partial charge in [0.1, 0.15) is 11.5 Å². The van der Waals surface area contributed by atoms with Crippen molar-refractivity contribution < 1.29 is 14.3 Å². The maximum Gasteiger partial charge on any atom is 0.266 e. The number of halogens is 1. The summed E-state index contributed by atoms with van der Waals surface area (Å²) in [5, 5.41) is 3.67. The molecule has 0 aliphatic heterocycles. The van der Waals surface area contributed by atoms with Crippen molar-refractivity contribution in [2.45, 2.75) is 0 Å². The van der Waals surface area contributed by atoms with Crippen molar-refractivity contribution in [2.75, 3.05) is 19.5 Å². The van der Waals surface area contributed by atoms with Gasteiger partial charge in [0.15, 0.2) is 4.77 Å². The van der Waals surface area contributed by atoms with E-state index >= 15 is 0 Å². The van der Waals surface area contributed by atoms with E-state index in [4.69, 9.17) is 33.3 Å². The fraction of sp³-hybridized carbons (Fsp3) is 0.0870. The Hall–Kier alpha value is -3.62. The summed E-state index contributed by atoms with van der Waals surface area (Å²) < 4.78 is 12.1. The summed E-state index contributed by atoms with van der Waals surface area (Å²) in [7, 11) is 3.05. The molecule has 4 aromatic rings. The predicted molar refractivity (Wildman–Crippen MR) is 127 cm³/mol. The van der Waals surface area contributed by atoms with Gasteiger partial charge in [-0.25, -0.2) is 4.57 Å². The van der Waals surface area contributed by atoms with Crippen LogP contribution in [-0.4, -0.2) is 29.7 Å². The van der Waals surface area contributed by atoms with Gasteiger partial charge in [0.05, 0.1) is 30.8 Å². The number of aromatic nitrogens is 2. The summed E-state index contributed by atoms with van der Waals surface area (Å²) in [6.07, 6.45) is 0. The number of anilines is 1. The number of carbonyl (C=O) groups is 1. The number of hydrogen-bond donors (Lipinski definition) is 2. The molecule has 2 N–H and O–H groups in total. The Bertz CT molecular complexity index is 1460. The zero-order valence-corrected chi connectivity index (χ0v) is 18.7. The number of benzene rings is 3. The lowest BCUT2D eigenvalue weighted by atomic mass is 10.1. The number of fused-ring (bicyclic) bond motifs is 1. The number of amides is 1. The van der Waals surface area contributed by atoms with Crippen molar-refractivity contribution in [3.63, 3.8) is 0 Å². The second kappa shape index (κ2) is 8.86. The van der Waals surface area contributed by atoms with Gasteiger partial charge in [-0.1, -0.05) is 17.7 Å². The molecule has 0 aliphatic rings. The van der Waals surface area contributed by atoms with Gasteiger partial charge < -0.3 is 19.8 Å². The average Bonchev–Trinajstić information content (AvgIpc) is 2.78. The summed E-state index contributed by atoms with van der Waals surface area (Å²) in [6.45, 7) is 0. The van der Waals surface area contributed by atoms with E-state index in [2.05, 4.69) is 10.3 Å². The first kappa shape index (κ1) is 21.6. The molecule has 0 atom stereocenters. The van der Waals surface area contributed by atoms with E-state index in [0.717, 1.165) is 0 Å². The molecule has 1 amide bonds. The van der Waals surface area contributed by atoms with Crippen LogP contribution in [0, 0.1) is 4.77 Å². The van der Waals surface area contributed by atoms with Crippen LogP contribution in [0.15, 0.2) is 65.5 Å². The molecule has 4 rings (SSSR count). The van der Waals surface area contributed by atoms with Crippen molar-refractivity contribution in [1.29, 1.82) is 0 Å². The molecule has 0 bridgehead atoms. The normalized spacial score (nSPS) is 10.7. The first-order valence-electron chi connectivity index (χ1n) is 9.49. The Labute approximate surface area is 193 Å². The summed E-state index contributed by atoms with van der Waals surface area (Å²) in [6, 6.07) is 16.7. The highest BCUT2D eigenvalue weighted by Crippen LogP contribution is 2.27. The van der Waals surface area contributed by atoms with Crippen LogP contribution in [0.5, 0.6) is 11.5 Å². The highest BCUT2D eigenvalue weighted by molar-refractivity contribution is 7.71. The fourth-order valence-electron chi connectivity index (χ4n) is 3.32. The third-order valence-electron chi connectivity index (χ3n) is 4.87. The van der Waals surface area contributed by atoms with Crippen LogP contribution in [0.3, 0.4) is 0 Å². The Kier molecular flexibility index (Phi) is 5.98. The van der Waals surface area contributed by atoms with Crippen molar-refractivity contribution in [1.82, 2.24) is 9.55 Å². The number of H-pyrrole nitrogens is 1. The van der Waals surface area contributed by atoms with Crippen LogP contribution in [0.4, 0.5) is 5.69 Å². The summed E-state index contributed by atoms with van der Waals surface area (Å²) in [5.74, 6) is 0.682. The van der Waals surface area contributed by atoms with E-state index in [-0.39, 0.29) is 16.2 Å². The van der Waals surface area contributed by atoms with E-state index in [1.54, 1.807) is 67.8 Å². The second-order valence-corrected chi connectivity index (χ2v) is 7.66. The van der Waals surface area contributed by atoms with Gasteiger partial charge in [-0.15, -0.1) is 0 Å². The van der Waals surface area contributed by atoms with Crippen LogP contribution in [0.1, 0.15) is 10.4 Å². The van der Waals surface area contributed by atoms with E-state index in [0.29, 0.717) is 44.4 Å². The van der Waals surface area contributed by atoms with Crippen molar-refractivity contribution in [3.05, 3.63) is 86.4 Å². The Morgan fingerprint density at radius 2 is 1.88 bits per heavy atom. The molecule has 7 nitrogen and oxygen atoms in total. The molecule has 0 unspecified atom stereocenters. The quantitative estimate of drug-likeness (QED) is 0.405. The standard InChI is InChI=1S/C23H18ClN3O4S/c1-30-16-7-9-19(20(12-16)31-2)27-22(29)17-8-6-13(10-18(17)26-23(27)32)21(28)25-15-5-3-4-14(24)11-15/h3-12H,1-2H3,(H,25,28)(H,26,32). The number of carbonyl (C=O) groups excluding carboxylic acids is 1. The number of nitrogens with zero attached hydrogens (tertiary/aromatic N) is 1. The monoisotopic (exact) mass is 467 g/mol. The number of hydrogen-bond acceptors (Lipinski definition) is 5. The molecule has 0 fully saturated rings. The SMILES string of the molecule is COc1ccc(-n2c(=S)[nH]c3cc(C(=O)Nc4cccc(Cl)c4)ccc3c2=O)c(OC)c1. The molecule has 0 radical (unpaired) electrons. The van der Waals surface area contributed by atoms with Crippen LogP contribution in [-0.2, 0) is 0 Å². The first-order chi connectivity index (χ1) is 15.4. The van der Waals surface area contributed by atoms with E-state index in [9.17, 15) is 9.59 Å². The van der Waals surface area contributed by atoms with Gasteiger partial charge in [-0.3, -0.25) is 9.59 Å². The molecule has 0 saturated carbocycles. The van der Waals surface area contributed by atoms with Crippen LogP contribution < -0.4 is 20.3 Å². The lowest BCUT2D eigenvalue weighted by Crippen LogP contribution is -2.21. The Morgan fingerprint density at radius 3 is 2.59 bits per heavy atom. The van der Waals surface area contributed by atoms with E-state index in [1.807, 2.05) is 0 Å². The predicted octanol–water partition coefficient (Wildman–Crippen LogP) is 4.97. The number of aromatic amines is 1. The lowest BCUT2D eigenvalue weighted by molar-refractivity contribution is 0.102. The molecule has 162 valence electrons. The van der Waals surface area contributed by atoms with E-state index < -0.39 is 0 Å². The highest BCUT2D eigenvalue weighted by atomic mass is 35.5. The van der Waals surface area contributed by atoms with Gasteiger partial charge in [-0.2, -0.15) is 0 Å². The molecular formula is C23H18ClN3O4S. The molecule has 3 aromatic carbocycles. The second-order valence-electron chi connectivity index (χ2n) is 6.83. The maximum absolute atomic E-state index is 13.3. The van der Waals surface area contributed by atoms with Crippen LogP contribution in [0.25, 0.3) is 16.6 Å².